The summed E-state index contributed by atoms with van der Waals surface area (Å²) in [5.41, 5.74) is 2.04. The summed E-state index contributed by atoms with van der Waals surface area (Å²) in [4.78, 5) is 11.5. The maximum Gasteiger partial charge on any atom is 0.191 e. The number of benzene rings is 1. The topological polar surface area (TPSA) is 61.8 Å². The van der Waals surface area contributed by atoms with Gasteiger partial charge < -0.3 is 20.3 Å². The van der Waals surface area contributed by atoms with Crippen molar-refractivity contribution in [3.8, 4) is 0 Å². The van der Waals surface area contributed by atoms with Crippen LogP contribution in [0.1, 0.15) is 25.0 Å². The smallest absolute Gasteiger partial charge is 0.191 e. The number of guanidine groups is 1. The summed E-state index contributed by atoms with van der Waals surface area (Å²) in [6, 6.07) is 10.6. The summed E-state index contributed by atoms with van der Waals surface area (Å²) in [5, 5.41) is 6.49. The molecule has 0 bridgehead atoms. The molecule has 1 atom stereocenters. The van der Waals surface area contributed by atoms with Gasteiger partial charge in [0.25, 0.3) is 0 Å². The molecule has 1 aliphatic heterocycles. The van der Waals surface area contributed by atoms with E-state index in [-0.39, 0.29) is 11.9 Å². The zero-order chi connectivity index (χ0) is 19.8. The molecule has 0 spiro atoms. The monoisotopic (exact) mass is 385 g/mol. The molecule has 1 fully saturated rings. The summed E-state index contributed by atoms with van der Waals surface area (Å²) >= 11 is 0. The molecule has 6 nitrogen and oxygen atoms in total. The predicted molar refractivity (Wildman–Crippen MR) is 110 cm³/mol. The van der Waals surface area contributed by atoms with Crippen molar-refractivity contribution in [3.05, 3.63) is 59.5 Å². The van der Waals surface area contributed by atoms with E-state index in [0.717, 1.165) is 49.1 Å². The Morgan fingerprint density at radius 2 is 2.00 bits per heavy atom. The zero-order valence-corrected chi connectivity index (χ0v) is 16.5. The highest BCUT2D eigenvalue weighted by atomic mass is 19.1. The largest absolute Gasteiger partial charge is 0.375 e. The Morgan fingerprint density at radius 3 is 2.68 bits per heavy atom. The van der Waals surface area contributed by atoms with Crippen LogP contribution in [0.3, 0.4) is 0 Å². The molecule has 7 heteroatoms. The van der Waals surface area contributed by atoms with Gasteiger partial charge in [-0.1, -0.05) is 18.2 Å². The van der Waals surface area contributed by atoms with Gasteiger partial charge in [-0.2, -0.15) is 0 Å². The molecule has 0 saturated carbocycles. The third-order valence-electron chi connectivity index (χ3n) is 4.51. The normalized spacial score (nSPS) is 17.5. The first-order valence-corrected chi connectivity index (χ1v) is 9.72. The van der Waals surface area contributed by atoms with E-state index in [1.54, 1.807) is 12.1 Å². The molecule has 1 aromatic carbocycles. The number of nitrogens with one attached hydrogen (secondary N) is 2. The third-order valence-corrected chi connectivity index (χ3v) is 4.51. The van der Waals surface area contributed by atoms with Crippen molar-refractivity contribution < 1.29 is 9.13 Å². The SMILES string of the molecule is CCNC(=NCc1ccc(N2CCOC(C)C2)nc1)NCc1ccc(F)cc1. The van der Waals surface area contributed by atoms with Crippen LogP contribution in [0.5, 0.6) is 0 Å². The van der Waals surface area contributed by atoms with Crippen molar-refractivity contribution in [2.75, 3.05) is 31.1 Å². The van der Waals surface area contributed by atoms with E-state index in [9.17, 15) is 4.39 Å². The van der Waals surface area contributed by atoms with Crippen molar-refractivity contribution in [1.29, 1.82) is 0 Å². The van der Waals surface area contributed by atoms with Crippen LogP contribution in [0.25, 0.3) is 0 Å². The molecule has 1 aliphatic rings. The summed E-state index contributed by atoms with van der Waals surface area (Å²) in [6.45, 7) is 8.45. The van der Waals surface area contributed by atoms with Crippen LogP contribution >= 0.6 is 0 Å². The van der Waals surface area contributed by atoms with Crippen LogP contribution in [0.4, 0.5) is 10.2 Å². The van der Waals surface area contributed by atoms with Crippen molar-refractivity contribution in [2.24, 2.45) is 4.99 Å². The van der Waals surface area contributed by atoms with Crippen molar-refractivity contribution in [3.63, 3.8) is 0 Å². The van der Waals surface area contributed by atoms with Gasteiger partial charge in [0.05, 0.1) is 19.3 Å². The van der Waals surface area contributed by atoms with Gasteiger partial charge in [0.2, 0.25) is 0 Å². The van der Waals surface area contributed by atoms with Crippen molar-refractivity contribution in [2.45, 2.75) is 33.0 Å². The van der Waals surface area contributed by atoms with Crippen LogP contribution < -0.4 is 15.5 Å². The third kappa shape index (κ3) is 5.92. The molecule has 0 aliphatic carbocycles. The van der Waals surface area contributed by atoms with Gasteiger partial charge in [0.15, 0.2) is 5.96 Å². The molecule has 28 heavy (non-hydrogen) atoms. The molecule has 1 saturated heterocycles. The quantitative estimate of drug-likeness (QED) is 0.591. The van der Waals surface area contributed by atoms with Gasteiger partial charge in [-0.25, -0.2) is 14.4 Å². The Morgan fingerprint density at radius 1 is 1.21 bits per heavy atom. The molecule has 1 aromatic heterocycles. The highest BCUT2D eigenvalue weighted by Crippen LogP contribution is 2.15. The zero-order valence-electron chi connectivity index (χ0n) is 16.5. The van der Waals surface area contributed by atoms with Crippen molar-refractivity contribution >= 4 is 11.8 Å². The average molecular weight is 385 g/mol. The first-order chi connectivity index (χ1) is 13.6. The Kier molecular flexibility index (Phi) is 7.19. The lowest BCUT2D eigenvalue weighted by Gasteiger charge is -2.32. The minimum Gasteiger partial charge on any atom is -0.375 e. The maximum atomic E-state index is 13.0. The molecule has 150 valence electrons. The lowest BCUT2D eigenvalue weighted by atomic mass is 10.2. The van der Waals surface area contributed by atoms with Gasteiger partial charge in [-0.3, -0.25) is 0 Å². The average Bonchev–Trinajstić information content (AvgIpc) is 2.72. The fourth-order valence-electron chi connectivity index (χ4n) is 3.02. The van der Waals surface area contributed by atoms with E-state index >= 15 is 0 Å². The lowest BCUT2D eigenvalue weighted by molar-refractivity contribution is 0.0529. The van der Waals surface area contributed by atoms with Crippen LogP contribution in [0, 0.1) is 5.82 Å². The van der Waals surface area contributed by atoms with Gasteiger partial charge in [-0.15, -0.1) is 0 Å². The second-order valence-electron chi connectivity index (χ2n) is 6.83. The van der Waals surface area contributed by atoms with E-state index in [1.165, 1.54) is 12.1 Å². The molecule has 0 amide bonds. The number of halogens is 1. The van der Waals surface area contributed by atoms with Crippen LogP contribution in [0.15, 0.2) is 47.6 Å². The summed E-state index contributed by atoms with van der Waals surface area (Å²) in [5.74, 6) is 1.47. The second kappa shape index (κ2) is 10.0. The molecular weight excluding hydrogens is 357 g/mol. The lowest BCUT2D eigenvalue weighted by Crippen LogP contribution is -2.41. The molecule has 2 aromatic rings. The summed E-state index contributed by atoms with van der Waals surface area (Å²) in [7, 11) is 0. The number of hydrogen-bond acceptors (Lipinski definition) is 4. The first kappa shape index (κ1) is 20.1. The number of morpholine rings is 1. The molecule has 0 radical (unpaired) electrons. The Bertz CT molecular complexity index is 763. The second-order valence-corrected chi connectivity index (χ2v) is 6.83. The van der Waals surface area contributed by atoms with Gasteiger partial charge in [-0.05, 0) is 43.2 Å². The Labute approximate surface area is 165 Å². The number of nitrogens with zero attached hydrogens (tertiary/aromatic N) is 3. The van der Waals surface area contributed by atoms with E-state index in [4.69, 9.17) is 4.74 Å². The molecule has 3 rings (SSSR count). The first-order valence-electron chi connectivity index (χ1n) is 9.72. The van der Waals surface area contributed by atoms with Crippen LogP contribution in [-0.4, -0.2) is 43.3 Å². The Balaban J connectivity index is 1.56. The number of hydrogen-bond donors (Lipinski definition) is 2. The highest BCUT2D eigenvalue weighted by molar-refractivity contribution is 5.79. The molecule has 2 heterocycles. The van der Waals surface area contributed by atoms with Gasteiger partial charge >= 0.3 is 0 Å². The minimum absolute atomic E-state index is 0.230. The van der Waals surface area contributed by atoms with E-state index < -0.39 is 0 Å². The number of aliphatic imine (C=N–C) groups is 1. The maximum absolute atomic E-state index is 13.0. The molecular formula is C21H28FN5O. The summed E-state index contributed by atoms with van der Waals surface area (Å²) in [6.07, 6.45) is 2.11. The minimum atomic E-state index is -0.230. The van der Waals surface area contributed by atoms with Crippen molar-refractivity contribution in [1.82, 2.24) is 15.6 Å². The van der Waals surface area contributed by atoms with Gasteiger partial charge in [0, 0.05) is 32.4 Å². The number of anilines is 1. The fourth-order valence-corrected chi connectivity index (χ4v) is 3.02. The standard InChI is InChI=1S/C21H28FN5O/c1-3-23-21(25-12-17-4-7-19(22)8-5-17)26-14-18-6-9-20(24-13-18)27-10-11-28-16(2)15-27/h4-9,13,16H,3,10-12,14-15H2,1-2H3,(H2,23,25,26). The van der Waals surface area contributed by atoms with E-state index in [1.807, 2.05) is 19.2 Å². The summed E-state index contributed by atoms with van der Waals surface area (Å²) < 4.78 is 18.6. The highest BCUT2D eigenvalue weighted by Gasteiger charge is 2.17. The number of aromatic nitrogens is 1. The fraction of sp³-hybridized carbons (Fsp3) is 0.429. The van der Waals surface area contributed by atoms with Crippen LogP contribution in [-0.2, 0) is 17.8 Å². The molecule has 2 N–H and O–H groups in total. The van der Waals surface area contributed by atoms with E-state index in [2.05, 4.69) is 38.5 Å². The number of rotatable bonds is 6. The number of ether oxygens (including phenoxy) is 1. The Hall–Kier alpha value is -2.67. The predicted octanol–water partition coefficient (Wildman–Crippen LogP) is 2.70. The van der Waals surface area contributed by atoms with E-state index in [0.29, 0.717) is 13.1 Å². The number of pyridine rings is 1. The molecule has 1 unspecified atom stereocenters. The van der Waals surface area contributed by atoms with Gasteiger partial charge in [0.1, 0.15) is 11.6 Å². The van der Waals surface area contributed by atoms with Crippen LogP contribution in [0.2, 0.25) is 0 Å².